The van der Waals surface area contributed by atoms with E-state index in [1.807, 2.05) is 65.6 Å². The van der Waals surface area contributed by atoms with Crippen LogP contribution in [0.4, 0.5) is 0 Å². The van der Waals surface area contributed by atoms with Gasteiger partial charge in [-0.15, -0.1) is 23.1 Å². The van der Waals surface area contributed by atoms with Crippen molar-refractivity contribution in [3.05, 3.63) is 120 Å². The lowest BCUT2D eigenvalue weighted by atomic mass is 9.83. The standard InChI is InChI=1S/C39H25N3S2/c1-22-9-15-35-31(17-22)28-12-13-29-32-19-24(11-16-36(32)44-39(29)38(28)43-35)26-7-4-5-25(21-41)37(26)42-33-8-3-2-6-27(33)30-18-23(20-40)10-14-34(30)42/h2-16,18-19,22,31,35H,17H2,1H3. The monoisotopic (exact) mass is 599 g/mol. The fraction of sp³-hybridized carbons (Fsp3) is 0.128. The second kappa shape index (κ2) is 9.60. The van der Waals surface area contributed by atoms with Crippen LogP contribution in [-0.2, 0) is 0 Å². The second-order valence-electron chi connectivity index (χ2n) is 12.0. The van der Waals surface area contributed by atoms with Gasteiger partial charge in [0, 0.05) is 52.6 Å². The Morgan fingerprint density at radius 3 is 2.55 bits per heavy atom. The van der Waals surface area contributed by atoms with Gasteiger partial charge in [0.2, 0.25) is 0 Å². The molecule has 0 saturated heterocycles. The topological polar surface area (TPSA) is 52.5 Å². The zero-order chi connectivity index (χ0) is 29.5. The van der Waals surface area contributed by atoms with Crippen molar-refractivity contribution in [1.82, 2.24) is 4.57 Å². The zero-order valence-electron chi connectivity index (χ0n) is 23.9. The number of thiophene rings is 1. The first kappa shape index (κ1) is 25.7. The summed E-state index contributed by atoms with van der Waals surface area (Å²) in [5.41, 5.74) is 7.72. The average molecular weight is 600 g/mol. The Kier molecular flexibility index (Phi) is 5.60. The highest BCUT2D eigenvalue weighted by molar-refractivity contribution is 8.00. The molecule has 3 unspecified atom stereocenters. The molecule has 3 atom stereocenters. The van der Waals surface area contributed by atoms with E-state index in [1.165, 1.54) is 37.1 Å². The number of para-hydroxylation sites is 2. The minimum Gasteiger partial charge on any atom is -0.307 e. The summed E-state index contributed by atoms with van der Waals surface area (Å²) < 4.78 is 4.89. The molecule has 0 radical (unpaired) electrons. The number of nitrogens with zero attached hydrogens (tertiary/aromatic N) is 3. The van der Waals surface area contributed by atoms with Crippen molar-refractivity contribution in [2.75, 3.05) is 0 Å². The van der Waals surface area contributed by atoms with E-state index >= 15 is 0 Å². The van der Waals surface area contributed by atoms with Crippen LogP contribution >= 0.6 is 23.1 Å². The number of allylic oxidation sites excluding steroid dienone is 1. The van der Waals surface area contributed by atoms with Gasteiger partial charge in [0.25, 0.3) is 0 Å². The third-order valence-corrected chi connectivity index (χ3v) is 12.2. The van der Waals surface area contributed by atoms with Crippen LogP contribution < -0.4 is 0 Å². The largest absolute Gasteiger partial charge is 0.307 e. The third kappa shape index (κ3) is 3.61. The summed E-state index contributed by atoms with van der Waals surface area (Å²) >= 11 is 3.95. The maximum atomic E-state index is 10.4. The highest BCUT2D eigenvalue weighted by atomic mass is 32.2. The number of benzene rings is 5. The molecule has 1 aliphatic carbocycles. The molecule has 208 valence electrons. The fourth-order valence-corrected chi connectivity index (χ4v) is 10.2. The SMILES string of the molecule is CC1C=CC2Sc3c(ccc4c3sc3ccc(-c5cccc(C#N)c5-n5c6ccccc6c6cc(C#N)ccc65)cc34)C2C1. The molecule has 0 spiro atoms. The lowest BCUT2D eigenvalue weighted by Crippen LogP contribution is -2.15. The molecule has 5 heteroatoms. The van der Waals surface area contributed by atoms with Gasteiger partial charge in [-0.1, -0.05) is 67.6 Å². The van der Waals surface area contributed by atoms with Crippen molar-refractivity contribution >= 4 is 65.1 Å². The van der Waals surface area contributed by atoms with E-state index in [9.17, 15) is 10.5 Å². The predicted molar refractivity (Wildman–Crippen MR) is 184 cm³/mol. The van der Waals surface area contributed by atoms with Crippen molar-refractivity contribution in [3.63, 3.8) is 0 Å². The van der Waals surface area contributed by atoms with Crippen molar-refractivity contribution in [2.45, 2.75) is 29.4 Å². The summed E-state index contributed by atoms with van der Waals surface area (Å²) in [5, 5.41) is 25.2. The van der Waals surface area contributed by atoms with Gasteiger partial charge in [-0.25, -0.2) is 0 Å². The first-order valence-electron chi connectivity index (χ1n) is 14.9. The predicted octanol–water partition coefficient (Wildman–Crippen LogP) is 10.7. The van der Waals surface area contributed by atoms with E-state index in [1.54, 1.807) is 0 Å². The molecule has 5 aromatic carbocycles. The molecule has 2 aliphatic rings. The smallest absolute Gasteiger partial charge is 0.101 e. The van der Waals surface area contributed by atoms with Gasteiger partial charge in [0.05, 0.1) is 33.9 Å². The van der Waals surface area contributed by atoms with Crippen molar-refractivity contribution < 1.29 is 0 Å². The van der Waals surface area contributed by atoms with Crippen molar-refractivity contribution in [2.24, 2.45) is 5.92 Å². The second-order valence-corrected chi connectivity index (χ2v) is 14.2. The first-order valence-corrected chi connectivity index (χ1v) is 16.6. The highest BCUT2D eigenvalue weighted by Gasteiger charge is 2.36. The normalized spacial score (nSPS) is 18.9. The molecule has 0 fully saturated rings. The number of nitriles is 2. The number of thioether (sulfide) groups is 1. The number of fused-ring (bicyclic) bond motifs is 10. The summed E-state index contributed by atoms with van der Waals surface area (Å²) in [6.07, 6.45) is 6.04. The van der Waals surface area contributed by atoms with Crippen LogP contribution in [0.2, 0.25) is 0 Å². The number of aromatic nitrogens is 1. The first-order chi connectivity index (χ1) is 21.6. The molecule has 9 rings (SSSR count). The van der Waals surface area contributed by atoms with Crippen LogP contribution in [0, 0.1) is 28.6 Å². The van der Waals surface area contributed by atoms with E-state index < -0.39 is 0 Å². The summed E-state index contributed by atoms with van der Waals surface area (Å²) in [7, 11) is 0. The number of hydrogen-bond acceptors (Lipinski definition) is 4. The van der Waals surface area contributed by atoms with E-state index in [0.29, 0.717) is 28.2 Å². The molecule has 2 aromatic heterocycles. The Morgan fingerprint density at radius 1 is 0.773 bits per heavy atom. The Hall–Kier alpha value is -4.81. The lowest BCUT2D eigenvalue weighted by molar-refractivity contribution is 0.526. The van der Waals surface area contributed by atoms with Crippen LogP contribution in [0.25, 0.3) is 58.8 Å². The maximum absolute atomic E-state index is 10.4. The van der Waals surface area contributed by atoms with Gasteiger partial charge in [-0.2, -0.15) is 10.5 Å². The molecule has 0 N–H and O–H groups in total. The quantitative estimate of drug-likeness (QED) is 0.186. The maximum Gasteiger partial charge on any atom is 0.101 e. The molecule has 0 amide bonds. The molecular formula is C39H25N3S2. The van der Waals surface area contributed by atoms with E-state index in [-0.39, 0.29) is 0 Å². The Balaban J connectivity index is 1.27. The lowest BCUT2D eigenvalue weighted by Gasteiger charge is -2.24. The van der Waals surface area contributed by atoms with Gasteiger partial charge in [-0.3, -0.25) is 0 Å². The average Bonchev–Trinajstić information content (AvgIpc) is 3.73. The van der Waals surface area contributed by atoms with Crippen molar-refractivity contribution in [3.8, 4) is 29.0 Å². The number of rotatable bonds is 2. The number of hydrogen-bond donors (Lipinski definition) is 0. The highest BCUT2D eigenvalue weighted by Crippen LogP contribution is 2.55. The molecular weight excluding hydrogens is 575 g/mol. The zero-order valence-corrected chi connectivity index (χ0v) is 25.5. The molecule has 3 heterocycles. The molecule has 0 saturated carbocycles. The molecule has 3 nitrogen and oxygen atoms in total. The Bertz CT molecular complexity index is 2460. The third-order valence-electron chi connectivity index (χ3n) is 9.42. The Labute approximate surface area is 263 Å². The van der Waals surface area contributed by atoms with Crippen LogP contribution in [0.5, 0.6) is 0 Å². The summed E-state index contributed by atoms with van der Waals surface area (Å²) in [6.45, 7) is 2.33. The van der Waals surface area contributed by atoms with Gasteiger partial charge in [-0.05, 0) is 65.9 Å². The Morgan fingerprint density at radius 2 is 1.66 bits per heavy atom. The summed E-state index contributed by atoms with van der Waals surface area (Å²) in [5.74, 6) is 1.23. The molecule has 1 aliphatic heterocycles. The van der Waals surface area contributed by atoms with Crippen LogP contribution in [0.1, 0.15) is 36.0 Å². The minimum atomic E-state index is 0.541. The van der Waals surface area contributed by atoms with Crippen LogP contribution in [0.3, 0.4) is 0 Å². The van der Waals surface area contributed by atoms with E-state index in [2.05, 4.69) is 84.3 Å². The van der Waals surface area contributed by atoms with Gasteiger partial charge < -0.3 is 4.57 Å². The van der Waals surface area contributed by atoms with Crippen molar-refractivity contribution in [1.29, 1.82) is 10.5 Å². The van der Waals surface area contributed by atoms with E-state index in [4.69, 9.17) is 0 Å². The molecule has 44 heavy (non-hydrogen) atoms. The van der Waals surface area contributed by atoms with E-state index in [0.717, 1.165) is 38.6 Å². The molecule has 0 bridgehead atoms. The molecule has 7 aromatic rings. The van der Waals surface area contributed by atoms with Gasteiger partial charge in [0.15, 0.2) is 0 Å². The fourth-order valence-electron chi connectivity index (χ4n) is 7.41. The van der Waals surface area contributed by atoms with Gasteiger partial charge >= 0.3 is 0 Å². The summed E-state index contributed by atoms with van der Waals surface area (Å²) in [4.78, 5) is 1.47. The van der Waals surface area contributed by atoms with Gasteiger partial charge in [0.1, 0.15) is 6.07 Å². The summed E-state index contributed by atoms with van der Waals surface area (Å²) in [6, 6.07) is 36.4. The minimum absolute atomic E-state index is 0.541. The van der Waals surface area contributed by atoms with Crippen LogP contribution in [0.15, 0.2) is 108 Å². The van der Waals surface area contributed by atoms with Crippen LogP contribution in [-0.4, -0.2) is 9.82 Å².